The fourth-order valence-corrected chi connectivity index (χ4v) is 9.29. The van der Waals surface area contributed by atoms with Crippen molar-refractivity contribution in [3.63, 3.8) is 0 Å². The van der Waals surface area contributed by atoms with E-state index >= 15 is 0 Å². The summed E-state index contributed by atoms with van der Waals surface area (Å²) < 4.78 is 11.0. The first-order valence-corrected chi connectivity index (χ1v) is 21.8. The maximum absolute atomic E-state index is 13.6. The Morgan fingerprint density at radius 1 is 0.983 bits per heavy atom. The van der Waals surface area contributed by atoms with Gasteiger partial charge in [-0.2, -0.15) is 0 Å². The van der Waals surface area contributed by atoms with E-state index in [2.05, 4.69) is 58.1 Å². The van der Waals surface area contributed by atoms with Crippen LogP contribution in [0.15, 0.2) is 42.2 Å². The molecule has 1 aliphatic carbocycles. The van der Waals surface area contributed by atoms with Gasteiger partial charge in [0.25, 0.3) is 0 Å². The average molecular weight is 817 g/mol. The standard InChI is InChI=1S/C50H64N4O6/c1-11-33-30(7)37-23-41-34(12-2)36(26-55)42(52-41)24-38-31(8)35(19-20-43(56)60-22-21-29(6)18-14-17-28(5)16-13-15-27(3)4)47(53-38)45-46(50(58)59-10)49(57)44-32(9)39(54-48(44)45)25-40(33)51-37/h12,21,23-28,31,35,46,51-52,55,57H,2,11,13-20,22H2,1,3-10H3/b29-21+,36-26?,37-23?,40-25?,42-24?,47-45?/t28-,31+,35+,46-/m1/s1. The van der Waals surface area contributed by atoms with Gasteiger partial charge in [0, 0.05) is 62.4 Å². The molecule has 6 rings (SSSR count). The van der Waals surface area contributed by atoms with Gasteiger partial charge in [0.2, 0.25) is 0 Å². The molecule has 2 aliphatic heterocycles. The molecule has 3 aliphatic rings. The number of hydrogen-bond donors (Lipinski definition) is 4. The minimum absolute atomic E-state index is 0.124. The van der Waals surface area contributed by atoms with Crippen LogP contribution in [0.1, 0.15) is 157 Å². The fourth-order valence-electron chi connectivity index (χ4n) is 9.29. The molecule has 10 heteroatoms. The lowest BCUT2D eigenvalue weighted by molar-refractivity contribution is -0.143. The van der Waals surface area contributed by atoms with Gasteiger partial charge in [0.05, 0.1) is 35.6 Å². The highest BCUT2D eigenvalue weighted by atomic mass is 16.5. The van der Waals surface area contributed by atoms with E-state index in [1.54, 1.807) is 6.08 Å². The van der Waals surface area contributed by atoms with E-state index in [0.717, 1.165) is 70.3 Å². The first kappa shape index (κ1) is 44.2. The van der Waals surface area contributed by atoms with E-state index in [4.69, 9.17) is 19.4 Å². The predicted octanol–water partition coefficient (Wildman–Crippen LogP) is 10.3. The number of aliphatic hydroxyl groups is 2. The van der Waals surface area contributed by atoms with E-state index in [-0.39, 0.29) is 36.6 Å². The second kappa shape index (κ2) is 18.9. The van der Waals surface area contributed by atoms with Crippen LogP contribution < -0.4 is 10.6 Å². The summed E-state index contributed by atoms with van der Waals surface area (Å²) in [6, 6.07) is 5.92. The van der Waals surface area contributed by atoms with E-state index in [1.807, 2.05) is 38.1 Å². The number of aromatic amines is 2. The quantitative estimate of drug-likeness (QED) is 0.0824. The second-order valence-electron chi connectivity index (χ2n) is 17.5. The van der Waals surface area contributed by atoms with Gasteiger partial charge >= 0.3 is 11.9 Å². The van der Waals surface area contributed by atoms with Crippen LogP contribution in [0.25, 0.3) is 45.6 Å². The van der Waals surface area contributed by atoms with Crippen LogP contribution >= 0.6 is 0 Å². The van der Waals surface area contributed by atoms with Crippen molar-refractivity contribution in [1.82, 2.24) is 19.9 Å². The molecule has 8 bridgehead atoms. The van der Waals surface area contributed by atoms with Gasteiger partial charge < -0.3 is 29.7 Å². The average Bonchev–Trinajstić information content (AvgIpc) is 3.96. The van der Waals surface area contributed by atoms with Crippen molar-refractivity contribution < 1.29 is 29.3 Å². The summed E-state index contributed by atoms with van der Waals surface area (Å²) in [4.78, 5) is 44.4. The minimum atomic E-state index is -1.14. The largest absolute Gasteiger partial charge is 0.515 e. The molecule has 0 unspecified atom stereocenters. The van der Waals surface area contributed by atoms with E-state index in [0.29, 0.717) is 56.6 Å². The van der Waals surface area contributed by atoms with Gasteiger partial charge in [-0.1, -0.05) is 78.5 Å². The number of carbonyl (C=O) groups excluding carboxylic acids is 2. The highest BCUT2D eigenvalue weighted by Gasteiger charge is 2.45. The third-order valence-electron chi connectivity index (χ3n) is 12.9. The van der Waals surface area contributed by atoms with Crippen molar-refractivity contribution in [2.24, 2.45) is 11.8 Å². The molecular formula is C50H64N4O6. The predicted molar refractivity (Wildman–Crippen MR) is 242 cm³/mol. The molecule has 0 amide bonds. The van der Waals surface area contributed by atoms with Crippen LogP contribution in [0, 0.1) is 18.8 Å². The van der Waals surface area contributed by atoms with Crippen LogP contribution in [-0.4, -0.2) is 55.8 Å². The van der Waals surface area contributed by atoms with Crippen LogP contribution in [0.5, 0.6) is 0 Å². The Balaban J connectivity index is 1.39. The molecule has 3 aromatic heterocycles. The van der Waals surface area contributed by atoms with Gasteiger partial charge in [-0.05, 0) is 99.3 Å². The molecule has 60 heavy (non-hydrogen) atoms. The summed E-state index contributed by atoms with van der Waals surface area (Å²) in [5.74, 6) is -1.31. The lowest BCUT2D eigenvalue weighted by Crippen LogP contribution is -2.18. The van der Waals surface area contributed by atoms with Crippen molar-refractivity contribution in [3.8, 4) is 0 Å². The first-order chi connectivity index (χ1) is 28.7. The molecule has 0 fully saturated rings. The molecule has 4 N–H and O–H groups in total. The zero-order valence-electron chi connectivity index (χ0n) is 37.1. The molecule has 0 saturated heterocycles. The van der Waals surface area contributed by atoms with Crippen molar-refractivity contribution in [2.75, 3.05) is 13.7 Å². The molecule has 5 heterocycles. The molecule has 3 aromatic rings. The Labute approximate surface area is 354 Å². The highest BCUT2D eigenvalue weighted by Crippen LogP contribution is 2.50. The van der Waals surface area contributed by atoms with Crippen molar-refractivity contribution in [1.29, 1.82) is 0 Å². The molecule has 0 radical (unpaired) electrons. The van der Waals surface area contributed by atoms with E-state index in [1.165, 1.54) is 38.4 Å². The zero-order chi connectivity index (χ0) is 43.4. The summed E-state index contributed by atoms with van der Waals surface area (Å²) >= 11 is 0. The first-order valence-electron chi connectivity index (χ1n) is 21.8. The topological polar surface area (TPSA) is 150 Å². The van der Waals surface area contributed by atoms with Crippen LogP contribution in [0.3, 0.4) is 0 Å². The molecule has 4 atom stereocenters. The Hall–Kier alpha value is -5.38. The molecule has 320 valence electrons. The summed E-state index contributed by atoms with van der Waals surface area (Å²) in [6.07, 6.45) is 13.2. The third kappa shape index (κ3) is 8.89. The Bertz CT molecular complexity index is 2520. The lowest BCUT2D eigenvalue weighted by Gasteiger charge is -2.19. The molecule has 0 saturated carbocycles. The van der Waals surface area contributed by atoms with Crippen LogP contribution in [-0.2, 0) is 25.5 Å². The number of allylic oxidation sites excluding steroid dienone is 2. The number of fused-ring (bicyclic) bond motifs is 8. The number of esters is 2. The zero-order valence-corrected chi connectivity index (χ0v) is 37.1. The number of aliphatic hydroxyl groups excluding tert-OH is 2. The summed E-state index contributed by atoms with van der Waals surface area (Å²) in [5.41, 5.74) is 10.8. The number of nitrogens with zero attached hydrogens (tertiary/aromatic N) is 2. The number of ether oxygens (including phenoxy) is 2. The SMILES string of the molecule is C=Cc1c(=CO)c2cc3nc(c4c5nc(cc6[nH]c(cc1[nH]2)c(C)c6CC)=C(C)C5=C(O)[C@@H]4C(=O)OC)[C@@H](CCC(=O)OC/C=C(\C)CCC[C@H](C)CCCC(C)C)[C@@H]3C. The number of aromatic nitrogens is 4. The number of methoxy groups -OCH3 is 1. The number of rotatable bonds is 16. The Morgan fingerprint density at radius 2 is 1.72 bits per heavy atom. The maximum Gasteiger partial charge on any atom is 0.321 e. The smallest absolute Gasteiger partial charge is 0.321 e. The van der Waals surface area contributed by atoms with Crippen molar-refractivity contribution >= 4 is 57.5 Å². The Morgan fingerprint density at radius 3 is 2.40 bits per heavy atom. The van der Waals surface area contributed by atoms with Gasteiger partial charge in [0.1, 0.15) is 18.3 Å². The number of nitrogens with one attached hydrogen (secondary N) is 2. The maximum atomic E-state index is 13.6. The van der Waals surface area contributed by atoms with Gasteiger partial charge in [-0.3, -0.25) is 14.6 Å². The van der Waals surface area contributed by atoms with Crippen molar-refractivity contribution in [2.45, 2.75) is 131 Å². The number of hydrogen-bond acceptors (Lipinski definition) is 8. The lowest BCUT2D eigenvalue weighted by atomic mass is 9.84. The van der Waals surface area contributed by atoms with Crippen LogP contribution in [0.4, 0.5) is 0 Å². The Kier molecular flexibility index (Phi) is 13.9. The summed E-state index contributed by atoms with van der Waals surface area (Å²) in [6.45, 7) is 21.4. The van der Waals surface area contributed by atoms with Gasteiger partial charge in [-0.15, -0.1) is 0 Å². The summed E-state index contributed by atoms with van der Waals surface area (Å²) in [5, 5.41) is 23.7. The van der Waals surface area contributed by atoms with Gasteiger partial charge in [0.15, 0.2) is 0 Å². The van der Waals surface area contributed by atoms with Crippen LogP contribution in [0.2, 0.25) is 0 Å². The van der Waals surface area contributed by atoms with E-state index < -0.39 is 11.9 Å². The molecular weight excluding hydrogens is 753 g/mol. The van der Waals surface area contributed by atoms with Gasteiger partial charge in [-0.25, -0.2) is 4.98 Å². The summed E-state index contributed by atoms with van der Waals surface area (Å²) in [7, 11) is 1.30. The molecule has 10 nitrogen and oxygen atoms in total. The number of H-pyrrole nitrogens is 2. The third-order valence-corrected chi connectivity index (χ3v) is 12.9. The minimum Gasteiger partial charge on any atom is -0.515 e. The molecule has 0 aromatic carbocycles. The number of carbonyl (C=O) groups is 2. The monoisotopic (exact) mass is 816 g/mol. The highest BCUT2D eigenvalue weighted by molar-refractivity contribution is 6.06. The second-order valence-corrected chi connectivity index (χ2v) is 17.5. The van der Waals surface area contributed by atoms with Crippen molar-refractivity contribution in [3.05, 3.63) is 92.1 Å². The van der Waals surface area contributed by atoms with E-state index in [9.17, 15) is 19.8 Å². The fraction of sp³-hybridized carbons (Fsp3) is 0.480. The number of aryl methyl sites for hydroxylation is 2. The molecule has 0 spiro atoms. The normalized spacial score (nSPS) is 18.4.